The Bertz CT molecular complexity index is 380. The minimum atomic E-state index is 0. The highest BCUT2D eigenvalue weighted by atomic mass is 127. The zero-order chi connectivity index (χ0) is 13.3. The van der Waals surface area contributed by atoms with E-state index in [9.17, 15) is 0 Å². The molecule has 1 fully saturated rings. The number of rotatable bonds is 8. The molecule has 1 aliphatic carbocycles. The SMILES string of the molecule is CCNC(=NCc1cccs1)NCCOCC1CC1.I. The van der Waals surface area contributed by atoms with Crippen LogP contribution in [0.25, 0.3) is 0 Å². The van der Waals surface area contributed by atoms with Crippen molar-refractivity contribution in [1.82, 2.24) is 10.6 Å². The lowest BCUT2D eigenvalue weighted by Crippen LogP contribution is -2.39. The molecule has 1 heterocycles. The monoisotopic (exact) mass is 409 g/mol. The van der Waals surface area contributed by atoms with Crippen LogP contribution < -0.4 is 10.6 Å². The molecule has 1 aromatic rings. The summed E-state index contributed by atoms with van der Waals surface area (Å²) in [7, 11) is 0. The first kappa shape index (κ1) is 17.7. The van der Waals surface area contributed by atoms with Crippen molar-refractivity contribution in [1.29, 1.82) is 0 Å². The molecule has 1 saturated carbocycles. The second-order valence-electron chi connectivity index (χ2n) is 4.72. The Morgan fingerprint density at radius 1 is 1.45 bits per heavy atom. The Labute approximate surface area is 142 Å². The van der Waals surface area contributed by atoms with Crippen molar-refractivity contribution in [3.8, 4) is 0 Å². The third-order valence-corrected chi connectivity index (χ3v) is 3.77. The first-order chi connectivity index (χ1) is 9.38. The highest BCUT2D eigenvalue weighted by molar-refractivity contribution is 14.0. The van der Waals surface area contributed by atoms with E-state index < -0.39 is 0 Å². The van der Waals surface area contributed by atoms with Gasteiger partial charge in [-0.1, -0.05) is 6.07 Å². The van der Waals surface area contributed by atoms with Gasteiger partial charge in [0.15, 0.2) is 5.96 Å². The van der Waals surface area contributed by atoms with Crippen LogP contribution in [0.4, 0.5) is 0 Å². The summed E-state index contributed by atoms with van der Waals surface area (Å²) >= 11 is 1.74. The van der Waals surface area contributed by atoms with Crippen LogP contribution in [-0.4, -0.2) is 32.3 Å². The third-order valence-electron chi connectivity index (χ3n) is 2.91. The summed E-state index contributed by atoms with van der Waals surface area (Å²) < 4.78 is 5.59. The number of nitrogens with zero attached hydrogens (tertiary/aromatic N) is 1. The molecule has 0 atom stereocenters. The van der Waals surface area contributed by atoms with E-state index in [0.29, 0.717) is 0 Å². The van der Waals surface area contributed by atoms with Gasteiger partial charge in [0, 0.05) is 24.6 Å². The topological polar surface area (TPSA) is 45.7 Å². The second kappa shape index (κ2) is 10.4. The molecule has 0 unspecified atom stereocenters. The second-order valence-corrected chi connectivity index (χ2v) is 5.75. The van der Waals surface area contributed by atoms with Gasteiger partial charge in [0.05, 0.1) is 13.2 Å². The van der Waals surface area contributed by atoms with E-state index in [4.69, 9.17) is 4.74 Å². The van der Waals surface area contributed by atoms with Crippen molar-refractivity contribution in [3.05, 3.63) is 22.4 Å². The molecule has 0 saturated heterocycles. The number of hydrogen-bond acceptors (Lipinski definition) is 3. The summed E-state index contributed by atoms with van der Waals surface area (Å²) in [5.74, 6) is 1.70. The van der Waals surface area contributed by atoms with E-state index in [1.54, 1.807) is 11.3 Å². The van der Waals surface area contributed by atoms with Gasteiger partial charge in [-0.05, 0) is 37.1 Å². The molecule has 0 amide bonds. The lowest BCUT2D eigenvalue weighted by atomic mass is 10.5. The molecule has 1 aromatic heterocycles. The molecular weight excluding hydrogens is 385 g/mol. The van der Waals surface area contributed by atoms with Crippen LogP contribution in [0, 0.1) is 5.92 Å². The van der Waals surface area contributed by atoms with Gasteiger partial charge < -0.3 is 15.4 Å². The van der Waals surface area contributed by atoms with E-state index in [-0.39, 0.29) is 24.0 Å². The summed E-state index contributed by atoms with van der Waals surface area (Å²) in [6, 6.07) is 4.16. The zero-order valence-electron chi connectivity index (χ0n) is 11.9. The lowest BCUT2D eigenvalue weighted by molar-refractivity contribution is 0.129. The maximum Gasteiger partial charge on any atom is 0.191 e. The van der Waals surface area contributed by atoms with E-state index in [1.165, 1.54) is 17.7 Å². The standard InChI is InChI=1S/C14H23N3OS.HI/c1-2-15-14(17-10-13-4-3-9-19-13)16-7-8-18-11-12-5-6-12;/h3-4,9,12H,2,5-8,10-11H2,1H3,(H2,15,16,17);1H. The average Bonchev–Trinajstić information content (AvgIpc) is 3.09. The normalized spacial score (nSPS) is 14.8. The molecule has 20 heavy (non-hydrogen) atoms. The molecule has 6 heteroatoms. The summed E-state index contributed by atoms with van der Waals surface area (Å²) in [5.41, 5.74) is 0. The van der Waals surface area contributed by atoms with Gasteiger partial charge >= 0.3 is 0 Å². The Balaban J connectivity index is 0.00000200. The molecule has 0 radical (unpaired) electrons. The predicted molar refractivity (Wildman–Crippen MR) is 96.1 cm³/mol. The van der Waals surface area contributed by atoms with E-state index in [0.717, 1.165) is 44.7 Å². The molecule has 2 rings (SSSR count). The molecule has 4 nitrogen and oxygen atoms in total. The zero-order valence-corrected chi connectivity index (χ0v) is 15.1. The number of guanidine groups is 1. The average molecular weight is 409 g/mol. The van der Waals surface area contributed by atoms with Crippen molar-refractivity contribution >= 4 is 41.3 Å². The van der Waals surface area contributed by atoms with E-state index in [1.807, 2.05) is 0 Å². The molecule has 0 bridgehead atoms. The Morgan fingerprint density at radius 3 is 2.95 bits per heavy atom. The molecule has 2 N–H and O–H groups in total. The number of hydrogen-bond donors (Lipinski definition) is 2. The van der Waals surface area contributed by atoms with Crippen LogP contribution in [0.3, 0.4) is 0 Å². The molecular formula is C14H24IN3OS. The number of aliphatic imine (C=N–C) groups is 1. The summed E-state index contributed by atoms with van der Waals surface area (Å²) in [6.45, 7) is 6.16. The molecule has 0 spiro atoms. The van der Waals surface area contributed by atoms with Crippen LogP contribution in [0.15, 0.2) is 22.5 Å². The van der Waals surface area contributed by atoms with Crippen LogP contribution >= 0.6 is 35.3 Å². The van der Waals surface area contributed by atoms with Gasteiger partial charge in [-0.15, -0.1) is 35.3 Å². The smallest absolute Gasteiger partial charge is 0.191 e. The molecule has 0 aromatic carbocycles. The lowest BCUT2D eigenvalue weighted by Gasteiger charge is -2.11. The van der Waals surface area contributed by atoms with Gasteiger partial charge in [0.25, 0.3) is 0 Å². The Morgan fingerprint density at radius 2 is 2.30 bits per heavy atom. The van der Waals surface area contributed by atoms with Gasteiger partial charge in [-0.2, -0.15) is 0 Å². The van der Waals surface area contributed by atoms with Crippen LogP contribution in [0.5, 0.6) is 0 Å². The summed E-state index contributed by atoms with van der Waals surface area (Å²) in [4.78, 5) is 5.83. The van der Waals surface area contributed by atoms with E-state index >= 15 is 0 Å². The number of ether oxygens (including phenoxy) is 1. The van der Waals surface area contributed by atoms with Crippen molar-refractivity contribution in [2.75, 3.05) is 26.3 Å². The first-order valence-corrected chi connectivity index (χ1v) is 7.88. The van der Waals surface area contributed by atoms with Crippen molar-refractivity contribution in [2.45, 2.75) is 26.3 Å². The summed E-state index contributed by atoms with van der Waals surface area (Å²) in [6.07, 6.45) is 2.69. The van der Waals surface area contributed by atoms with Crippen LogP contribution in [0.1, 0.15) is 24.6 Å². The van der Waals surface area contributed by atoms with Crippen molar-refractivity contribution in [3.63, 3.8) is 0 Å². The summed E-state index contributed by atoms with van der Waals surface area (Å²) in [5, 5.41) is 8.62. The Hall–Kier alpha value is -0.340. The van der Waals surface area contributed by atoms with Gasteiger partial charge in [0.1, 0.15) is 0 Å². The fourth-order valence-corrected chi connectivity index (χ4v) is 2.31. The maximum absolute atomic E-state index is 5.59. The minimum Gasteiger partial charge on any atom is -0.379 e. The molecule has 114 valence electrons. The fraction of sp³-hybridized carbons (Fsp3) is 0.643. The minimum absolute atomic E-state index is 0. The van der Waals surface area contributed by atoms with Gasteiger partial charge in [-0.25, -0.2) is 4.99 Å². The number of thiophene rings is 1. The van der Waals surface area contributed by atoms with Crippen molar-refractivity contribution < 1.29 is 4.74 Å². The highest BCUT2D eigenvalue weighted by Gasteiger charge is 2.20. The number of halogens is 1. The maximum atomic E-state index is 5.59. The third kappa shape index (κ3) is 7.44. The first-order valence-electron chi connectivity index (χ1n) is 7.00. The Kier molecular flexibility index (Phi) is 9.21. The van der Waals surface area contributed by atoms with Crippen LogP contribution in [0.2, 0.25) is 0 Å². The molecule has 0 aliphatic heterocycles. The highest BCUT2D eigenvalue weighted by Crippen LogP contribution is 2.28. The van der Waals surface area contributed by atoms with Gasteiger partial charge in [-0.3, -0.25) is 0 Å². The quantitative estimate of drug-likeness (QED) is 0.301. The largest absolute Gasteiger partial charge is 0.379 e. The number of nitrogens with one attached hydrogen (secondary N) is 2. The van der Waals surface area contributed by atoms with E-state index in [2.05, 4.69) is 40.1 Å². The van der Waals surface area contributed by atoms with Gasteiger partial charge in [0.2, 0.25) is 0 Å². The molecule has 1 aliphatic rings. The fourth-order valence-electron chi connectivity index (χ4n) is 1.68. The van der Waals surface area contributed by atoms with Crippen molar-refractivity contribution in [2.24, 2.45) is 10.9 Å². The predicted octanol–water partition coefficient (Wildman–Crippen LogP) is 2.85. The van der Waals surface area contributed by atoms with Crippen LogP contribution in [-0.2, 0) is 11.3 Å².